The van der Waals surface area contributed by atoms with Gasteiger partial charge in [-0.25, -0.2) is 0 Å². The molecule has 0 fully saturated rings. The van der Waals surface area contributed by atoms with Crippen molar-refractivity contribution in [2.75, 3.05) is 26.0 Å². The van der Waals surface area contributed by atoms with Gasteiger partial charge in [-0.2, -0.15) is 0 Å². The predicted molar refractivity (Wildman–Crippen MR) is 85.0 cm³/mol. The summed E-state index contributed by atoms with van der Waals surface area (Å²) in [7, 11) is 3.51. The van der Waals surface area contributed by atoms with Gasteiger partial charge in [-0.05, 0) is 43.8 Å². The summed E-state index contributed by atoms with van der Waals surface area (Å²) in [6.07, 6.45) is 0.818. The van der Waals surface area contributed by atoms with Crippen molar-refractivity contribution in [3.8, 4) is 5.75 Å². The number of amides is 1. The van der Waals surface area contributed by atoms with Crippen LogP contribution in [0.3, 0.4) is 0 Å². The standard InChI is InChI=1S/C17H20N2O2/c1-18-11-10-13-6-3-4-9-16(13)17(20)19-14-7-5-8-15(12-14)21-2/h3-9,12,18H,10-11H2,1-2H3,(H,19,20). The lowest BCUT2D eigenvalue weighted by Gasteiger charge is -2.11. The molecule has 110 valence electrons. The second-order valence-corrected chi connectivity index (χ2v) is 4.70. The SMILES string of the molecule is CNCCc1ccccc1C(=O)Nc1cccc(OC)c1. The minimum atomic E-state index is -0.102. The van der Waals surface area contributed by atoms with E-state index in [0.29, 0.717) is 5.56 Å². The maximum atomic E-state index is 12.4. The number of carbonyl (C=O) groups excluding carboxylic acids is 1. The summed E-state index contributed by atoms with van der Waals surface area (Å²) in [5.74, 6) is 0.617. The first kappa shape index (κ1) is 15.1. The normalized spacial score (nSPS) is 10.2. The molecule has 2 aromatic carbocycles. The monoisotopic (exact) mass is 284 g/mol. The van der Waals surface area contributed by atoms with E-state index in [4.69, 9.17) is 4.74 Å². The minimum absolute atomic E-state index is 0.102. The lowest BCUT2D eigenvalue weighted by Crippen LogP contribution is -2.17. The first-order valence-electron chi connectivity index (χ1n) is 6.92. The van der Waals surface area contributed by atoms with Gasteiger partial charge < -0.3 is 15.4 Å². The number of benzene rings is 2. The zero-order valence-corrected chi connectivity index (χ0v) is 12.3. The third-order valence-electron chi connectivity index (χ3n) is 3.23. The van der Waals surface area contributed by atoms with Gasteiger partial charge in [-0.1, -0.05) is 24.3 Å². The minimum Gasteiger partial charge on any atom is -0.497 e. The van der Waals surface area contributed by atoms with Crippen LogP contribution < -0.4 is 15.4 Å². The van der Waals surface area contributed by atoms with Crippen LogP contribution in [0.4, 0.5) is 5.69 Å². The molecule has 2 aromatic rings. The molecule has 2 N–H and O–H groups in total. The molecular weight excluding hydrogens is 264 g/mol. The van der Waals surface area contributed by atoms with Crippen molar-refractivity contribution in [3.05, 3.63) is 59.7 Å². The van der Waals surface area contributed by atoms with Crippen molar-refractivity contribution in [2.24, 2.45) is 0 Å². The molecule has 0 aliphatic carbocycles. The van der Waals surface area contributed by atoms with Crippen molar-refractivity contribution in [3.63, 3.8) is 0 Å². The smallest absolute Gasteiger partial charge is 0.255 e. The fourth-order valence-corrected chi connectivity index (χ4v) is 2.12. The molecule has 4 heteroatoms. The van der Waals surface area contributed by atoms with E-state index in [1.54, 1.807) is 13.2 Å². The molecule has 1 amide bonds. The molecule has 0 spiro atoms. The number of anilines is 1. The third-order valence-corrected chi connectivity index (χ3v) is 3.23. The Bertz CT molecular complexity index is 611. The highest BCUT2D eigenvalue weighted by Gasteiger charge is 2.11. The Morgan fingerprint density at radius 3 is 2.71 bits per heavy atom. The Labute approximate surface area is 125 Å². The van der Waals surface area contributed by atoms with Crippen molar-refractivity contribution in [1.82, 2.24) is 5.32 Å². The maximum absolute atomic E-state index is 12.4. The summed E-state index contributed by atoms with van der Waals surface area (Å²) in [6.45, 7) is 0.837. The van der Waals surface area contributed by atoms with Crippen molar-refractivity contribution in [1.29, 1.82) is 0 Å². The molecule has 0 aliphatic heterocycles. The Morgan fingerprint density at radius 1 is 1.14 bits per heavy atom. The Balaban J connectivity index is 2.16. The van der Waals surface area contributed by atoms with E-state index in [2.05, 4.69) is 10.6 Å². The van der Waals surface area contributed by atoms with Gasteiger partial charge in [0.2, 0.25) is 0 Å². The zero-order chi connectivity index (χ0) is 15.1. The van der Waals surface area contributed by atoms with Crippen LogP contribution in [0.2, 0.25) is 0 Å². The molecule has 0 bridgehead atoms. The fraction of sp³-hybridized carbons (Fsp3) is 0.235. The number of hydrogen-bond donors (Lipinski definition) is 2. The third kappa shape index (κ3) is 4.07. The summed E-state index contributed by atoms with van der Waals surface area (Å²) in [4.78, 5) is 12.4. The molecule has 0 unspecified atom stereocenters. The Kier molecular flexibility index (Phi) is 5.35. The number of hydrogen-bond acceptors (Lipinski definition) is 3. The second-order valence-electron chi connectivity index (χ2n) is 4.70. The molecular formula is C17H20N2O2. The molecule has 21 heavy (non-hydrogen) atoms. The van der Waals surface area contributed by atoms with Crippen LogP contribution >= 0.6 is 0 Å². The van der Waals surface area contributed by atoms with Gasteiger partial charge in [0.25, 0.3) is 5.91 Å². The quantitative estimate of drug-likeness (QED) is 0.857. The molecule has 0 radical (unpaired) electrons. The molecule has 2 rings (SSSR count). The number of likely N-dealkylation sites (N-methyl/N-ethyl adjacent to an activating group) is 1. The number of carbonyl (C=O) groups is 1. The van der Waals surface area contributed by atoms with Crippen LogP contribution in [0.25, 0.3) is 0 Å². The molecule has 0 aromatic heterocycles. The van der Waals surface area contributed by atoms with Crippen molar-refractivity contribution >= 4 is 11.6 Å². The van der Waals surface area contributed by atoms with E-state index in [9.17, 15) is 4.79 Å². The van der Waals surface area contributed by atoms with E-state index in [1.165, 1.54) is 0 Å². The van der Waals surface area contributed by atoms with E-state index in [-0.39, 0.29) is 5.91 Å². The van der Waals surface area contributed by atoms with E-state index in [0.717, 1.165) is 30.0 Å². The highest BCUT2D eigenvalue weighted by Crippen LogP contribution is 2.18. The van der Waals surface area contributed by atoms with Crippen LogP contribution in [0.1, 0.15) is 15.9 Å². The summed E-state index contributed by atoms with van der Waals surface area (Å²) in [5.41, 5.74) is 2.46. The van der Waals surface area contributed by atoms with Gasteiger partial charge >= 0.3 is 0 Å². The second kappa shape index (κ2) is 7.45. The average molecular weight is 284 g/mol. The fourth-order valence-electron chi connectivity index (χ4n) is 2.12. The van der Waals surface area contributed by atoms with Gasteiger partial charge in [0, 0.05) is 17.3 Å². The van der Waals surface area contributed by atoms with Crippen molar-refractivity contribution < 1.29 is 9.53 Å². The first-order valence-corrected chi connectivity index (χ1v) is 6.92. The largest absolute Gasteiger partial charge is 0.497 e. The Morgan fingerprint density at radius 2 is 1.95 bits per heavy atom. The lowest BCUT2D eigenvalue weighted by atomic mass is 10.0. The summed E-state index contributed by atoms with van der Waals surface area (Å²) in [5, 5.41) is 6.01. The number of nitrogens with one attached hydrogen (secondary N) is 2. The summed E-state index contributed by atoms with van der Waals surface area (Å²) < 4.78 is 5.16. The molecule has 0 heterocycles. The Hall–Kier alpha value is -2.33. The van der Waals surface area contributed by atoms with E-state index >= 15 is 0 Å². The summed E-state index contributed by atoms with van der Waals surface area (Å²) in [6, 6.07) is 15.0. The number of ether oxygens (including phenoxy) is 1. The topological polar surface area (TPSA) is 50.4 Å². The molecule has 4 nitrogen and oxygen atoms in total. The van der Waals surface area contributed by atoms with Crippen LogP contribution in [-0.4, -0.2) is 26.6 Å². The number of rotatable bonds is 6. The highest BCUT2D eigenvalue weighted by atomic mass is 16.5. The van der Waals surface area contributed by atoms with Crippen molar-refractivity contribution in [2.45, 2.75) is 6.42 Å². The van der Waals surface area contributed by atoms with Gasteiger partial charge in [0.1, 0.15) is 5.75 Å². The van der Waals surface area contributed by atoms with Gasteiger partial charge in [0.05, 0.1) is 7.11 Å². The van der Waals surface area contributed by atoms with Crippen LogP contribution in [-0.2, 0) is 6.42 Å². The molecule has 0 atom stereocenters. The number of methoxy groups -OCH3 is 1. The van der Waals surface area contributed by atoms with E-state index < -0.39 is 0 Å². The van der Waals surface area contributed by atoms with Crippen LogP contribution in [0.5, 0.6) is 5.75 Å². The van der Waals surface area contributed by atoms with Gasteiger partial charge in [-0.3, -0.25) is 4.79 Å². The van der Waals surface area contributed by atoms with Crippen LogP contribution in [0, 0.1) is 0 Å². The predicted octanol–water partition coefficient (Wildman–Crippen LogP) is 2.71. The van der Waals surface area contributed by atoms with Gasteiger partial charge in [0.15, 0.2) is 0 Å². The van der Waals surface area contributed by atoms with Gasteiger partial charge in [-0.15, -0.1) is 0 Å². The average Bonchev–Trinajstić information content (AvgIpc) is 2.53. The highest BCUT2D eigenvalue weighted by molar-refractivity contribution is 6.05. The zero-order valence-electron chi connectivity index (χ0n) is 12.3. The molecule has 0 aliphatic rings. The molecule has 0 saturated carbocycles. The van der Waals surface area contributed by atoms with E-state index in [1.807, 2.05) is 49.5 Å². The van der Waals surface area contributed by atoms with Crippen LogP contribution in [0.15, 0.2) is 48.5 Å². The molecule has 0 saturated heterocycles. The first-order chi connectivity index (χ1) is 10.2. The summed E-state index contributed by atoms with van der Waals surface area (Å²) >= 11 is 0. The lowest BCUT2D eigenvalue weighted by molar-refractivity contribution is 0.102. The maximum Gasteiger partial charge on any atom is 0.255 e.